The summed E-state index contributed by atoms with van der Waals surface area (Å²) in [5, 5.41) is 6.84. The second kappa shape index (κ2) is 10.6. The molecule has 2 heterocycles. The standard InChI is InChI=1S/C29H27ClN4O4/c1-33(2)12-13-34(3)29(36)18-4-8-21(9-5-18)31-27(19-6-11-24-25(16-19)38-15-14-37-24)26-22-10-7-20(30)17-23(22)32-28(26)35/h4-11,14-17,31H,12-13H2,1-3H3,(H,32,35). The zero-order chi connectivity index (χ0) is 26.8. The topological polar surface area (TPSA) is 83.1 Å². The van der Waals surface area contributed by atoms with E-state index in [4.69, 9.17) is 21.1 Å². The Morgan fingerprint density at radius 3 is 2.34 bits per heavy atom. The number of ether oxygens (including phenoxy) is 2. The molecule has 5 rings (SSSR count). The highest BCUT2D eigenvalue weighted by Gasteiger charge is 2.29. The van der Waals surface area contributed by atoms with E-state index < -0.39 is 0 Å². The molecule has 2 aliphatic rings. The van der Waals surface area contributed by atoms with Gasteiger partial charge >= 0.3 is 0 Å². The average Bonchev–Trinajstić information content (AvgIpc) is 3.24. The number of fused-ring (bicyclic) bond motifs is 2. The van der Waals surface area contributed by atoms with Crippen molar-refractivity contribution < 1.29 is 19.1 Å². The largest absolute Gasteiger partial charge is 0.458 e. The first kappa shape index (κ1) is 25.4. The highest BCUT2D eigenvalue weighted by Crippen LogP contribution is 2.41. The van der Waals surface area contributed by atoms with Crippen molar-refractivity contribution in [2.24, 2.45) is 0 Å². The molecule has 8 nitrogen and oxygen atoms in total. The third kappa shape index (κ3) is 5.22. The first-order valence-corrected chi connectivity index (χ1v) is 12.4. The molecule has 2 N–H and O–H groups in total. The van der Waals surface area contributed by atoms with Crippen molar-refractivity contribution in [3.8, 4) is 11.5 Å². The quantitative estimate of drug-likeness (QED) is 0.411. The average molecular weight is 531 g/mol. The second-order valence-corrected chi connectivity index (χ2v) is 9.73. The maximum atomic E-state index is 13.2. The maximum absolute atomic E-state index is 13.2. The van der Waals surface area contributed by atoms with Crippen LogP contribution in [-0.2, 0) is 4.79 Å². The predicted molar refractivity (Wildman–Crippen MR) is 149 cm³/mol. The molecule has 0 saturated carbocycles. The van der Waals surface area contributed by atoms with Gasteiger partial charge < -0.3 is 29.9 Å². The van der Waals surface area contributed by atoms with Crippen molar-refractivity contribution in [2.45, 2.75) is 0 Å². The number of likely N-dealkylation sites (N-methyl/N-ethyl adjacent to an activating group) is 2. The fraction of sp³-hybridized carbons (Fsp3) is 0.172. The van der Waals surface area contributed by atoms with Gasteiger partial charge in [-0.3, -0.25) is 9.59 Å². The number of benzene rings is 3. The SMILES string of the molecule is CN(C)CCN(C)C(=O)c1ccc(NC(=C2C(=O)Nc3cc(Cl)ccc32)c2ccc3c(c2)OC=CO3)cc1. The minimum Gasteiger partial charge on any atom is -0.458 e. The van der Waals surface area contributed by atoms with Gasteiger partial charge in [-0.1, -0.05) is 17.7 Å². The molecule has 3 aromatic carbocycles. The molecule has 9 heteroatoms. The van der Waals surface area contributed by atoms with Crippen molar-refractivity contribution in [1.82, 2.24) is 9.80 Å². The highest BCUT2D eigenvalue weighted by molar-refractivity contribution is 6.38. The summed E-state index contributed by atoms with van der Waals surface area (Å²) in [4.78, 5) is 29.8. The number of carbonyl (C=O) groups excluding carboxylic acids is 2. The Hall–Kier alpha value is -4.27. The molecule has 3 aromatic rings. The summed E-state index contributed by atoms with van der Waals surface area (Å²) in [7, 11) is 5.74. The van der Waals surface area contributed by atoms with E-state index in [1.54, 1.807) is 42.3 Å². The Labute approximate surface area is 226 Å². The Morgan fingerprint density at radius 1 is 0.895 bits per heavy atom. The molecule has 0 aliphatic carbocycles. The van der Waals surface area contributed by atoms with E-state index >= 15 is 0 Å². The molecule has 2 amide bonds. The van der Waals surface area contributed by atoms with E-state index in [0.717, 1.165) is 17.7 Å². The molecule has 0 fully saturated rings. The Balaban J connectivity index is 1.50. The molecule has 0 unspecified atom stereocenters. The molecule has 38 heavy (non-hydrogen) atoms. The summed E-state index contributed by atoms with van der Waals surface area (Å²) < 4.78 is 11.1. The van der Waals surface area contributed by atoms with Gasteiger partial charge in [0, 0.05) is 47.5 Å². The Kier molecular flexibility index (Phi) is 7.09. The van der Waals surface area contributed by atoms with Crippen LogP contribution in [0.2, 0.25) is 5.02 Å². The van der Waals surface area contributed by atoms with Gasteiger partial charge in [-0.25, -0.2) is 0 Å². The Morgan fingerprint density at radius 2 is 1.61 bits per heavy atom. The monoisotopic (exact) mass is 530 g/mol. The van der Waals surface area contributed by atoms with Crippen molar-refractivity contribution in [3.05, 3.63) is 94.9 Å². The number of hydrogen-bond donors (Lipinski definition) is 2. The first-order valence-electron chi connectivity index (χ1n) is 12.1. The van der Waals surface area contributed by atoms with Gasteiger partial charge in [0.2, 0.25) is 0 Å². The first-order chi connectivity index (χ1) is 18.3. The smallest absolute Gasteiger partial charge is 0.258 e. The number of halogens is 1. The fourth-order valence-electron chi connectivity index (χ4n) is 4.24. The molecule has 0 saturated heterocycles. The molecule has 0 aromatic heterocycles. The summed E-state index contributed by atoms with van der Waals surface area (Å²) in [6.07, 6.45) is 2.92. The summed E-state index contributed by atoms with van der Waals surface area (Å²) in [5.41, 5.74) is 4.42. The molecule has 0 bridgehead atoms. The number of anilines is 2. The normalized spacial score (nSPS) is 14.7. The van der Waals surface area contributed by atoms with E-state index in [0.29, 0.717) is 51.3 Å². The summed E-state index contributed by atoms with van der Waals surface area (Å²) in [6.45, 7) is 1.40. The van der Waals surface area contributed by atoms with Gasteiger partial charge in [-0.2, -0.15) is 0 Å². The van der Waals surface area contributed by atoms with E-state index in [9.17, 15) is 9.59 Å². The van der Waals surface area contributed by atoms with Crippen LogP contribution in [0.5, 0.6) is 11.5 Å². The summed E-state index contributed by atoms with van der Waals surface area (Å²) >= 11 is 6.17. The number of rotatable bonds is 7. The fourth-order valence-corrected chi connectivity index (χ4v) is 4.41. The van der Waals surface area contributed by atoms with Gasteiger partial charge in [0.05, 0.1) is 17.0 Å². The van der Waals surface area contributed by atoms with E-state index in [1.807, 2.05) is 49.3 Å². The predicted octanol–water partition coefficient (Wildman–Crippen LogP) is 5.15. The van der Waals surface area contributed by atoms with E-state index in [2.05, 4.69) is 10.6 Å². The van der Waals surface area contributed by atoms with Crippen LogP contribution in [0.3, 0.4) is 0 Å². The summed E-state index contributed by atoms with van der Waals surface area (Å²) in [5.74, 6) is 0.790. The highest BCUT2D eigenvalue weighted by atomic mass is 35.5. The molecule has 0 spiro atoms. The zero-order valence-electron chi connectivity index (χ0n) is 21.2. The number of nitrogens with zero attached hydrogens (tertiary/aromatic N) is 2. The van der Waals surface area contributed by atoms with Crippen molar-refractivity contribution in [2.75, 3.05) is 44.9 Å². The van der Waals surface area contributed by atoms with Crippen molar-refractivity contribution in [3.63, 3.8) is 0 Å². The molecule has 194 valence electrons. The molecular weight excluding hydrogens is 504 g/mol. The van der Waals surface area contributed by atoms with Gasteiger partial charge in [0.25, 0.3) is 11.8 Å². The van der Waals surface area contributed by atoms with Gasteiger partial charge in [0.1, 0.15) is 12.5 Å². The maximum Gasteiger partial charge on any atom is 0.258 e. The lowest BCUT2D eigenvalue weighted by Gasteiger charge is -2.20. The van der Waals surface area contributed by atoms with Gasteiger partial charge in [-0.15, -0.1) is 0 Å². The third-order valence-electron chi connectivity index (χ3n) is 6.28. The van der Waals surface area contributed by atoms with E-state index in [1.165, 1.54) is 12.5 Å². The third-order valence-corrected chi connectivity index (χ3v) is 6.52. The van der Waals surface area contributed by atoms with Crippen molar-refractivity contribution in [1.29, 1.82) is 0 Å². The zero-order valence-corrected chi connectivity index (χ0v) is 22.0. The van der Waals surface area contributed by atoms with Gasteiger partial charge in [-0.05, 0) is 68.7 Å². The summed E-state index contributed by atoms with van der Waals surface area (Å²) in [6, 6.07) is 17.9. The van der Waals surface area contributed by atoms with Crippen LogP contribution in [0.4, 0.5) is 11.4 Å². The lowest BCUT2D eigenvalue weighted by atomic mass is 9.99. The minimum absolute atomic E-state index is 0.0576. The lowest BCUT2D eigenvalue weighted by molar-refractivity contribution is -0.110. The molecular formula is C29H27ClN4O4. The van der Waals surface area contributed by atoms with E-state index in [-0.39, 0.29) is 11.8 Å². The number of nitrogens with one attached hydrogen (secondary N) is 2. The van der Waals surface area contributed by atoms with Crippen LogP contribution in [0.15, 0.2) is 73.2 Å². The number of carbonyl (C=O) groups is 2. The number of hydrogen-bond acceptors (Lipinski definition) is 6. The van der Waals surface area contributed by atoms with Crippen molar-refractivity contribution >= 4 is 46.1 Å². The molecule has 0 radical (unpaired) electrons. The van der Waals surface area contributed by atoms with Crippen LogP contribution in [0.1, 0.15) is 21.5 Å². The molecule has 0 atom stereocenters. The number of amides is 2. The van der Waals surface area contributed by atoms with Crippen LogP contribution in [0, 0.1) is 0 Å². The van der Waals surface area contributed by atoms with Gasteiger partial charge in [0.15, 0.2) is 11.5 Å². The minimum atomic E-state index is -0.256. The van der Waals surface area contributed by atoms with Crippen LogP contribution in [0.25, 0.3) is 11.3 Å². The van der Waals surface area contributed by atoms with Crippen LogP contribution in [-0.4, -0.2) is 55.8 Å². The second-order valence-electron chi connectivity index (χ2n) is 9.30. The van der Waals surface area contributed by atoms with Crippen LogP contribution < -0.4 is 20.1 Å². The Bertz CT molecular complexity index is 1460. The van der Waals surface area contributed by atoms with Crippen LogP contribution >= 0.6 is 11.6 Å². The molecule has 2 aliphatic heterocycles. The lowest BCUT2D eigenvalue weighted by Crippen LogP contribution is -2.33.